The summed E-state index contributed by atoms with van der Waals surface area (Å²) >= 11 is 0. The van der Waals surface area contributed by atoms with E-state index < -0.39 is 0 Å². The van der Waals surface area contributed by atoms with Crippen molar-refractivity contribution in [3.8, 4) is 5.75 Å². The molecular weight excluding hydrogens is 190 g/mol. The van der Waals surface area contributed by atoms with Gasteiger partial charge in [-0.3, -0.25) is 10.4 Å². The molecule has 0 unspecified atom stereocenters. The largest absolute Gasteiger partial charge is 0.497 e. The number of pyridine rings is 1. The molecular formula is C11H11N3O. The van der Waals surface area contributed by atoms with E-state index in [4.69, 9.17) is 15.9 Å². The molecule has 0 aliphatic heterocycles. The van der Waals surface area contributed by atoms with Gasteiger partial charge in [-0.2, -0.15) is 0 Å². The number of nitrogens with zero attached hydrogens (tertiary/aromatic N) is 1. The third kappa shape index (κ3) is 1.61. The second-order valence-corrected chi connectivity index (χ2v) is 3.16. The molecule has 2 rings (SSSR count). The van der Waals surface area contributed by atoms with Crippen molar-refractivity contribution in [2.24, 2.45) is 5.73 Å². The van der Waals surface area contributed by atoms with Gasteiger partial charge in [0.15, 0.2) is 0 Å². The Hall–Kier alpha value is -2.10. The van der Waals surface area contributed by atoms with Gasteiger partial charge in [0.25, 0.3) is 0 Å². The zero-order valence-corrected chi connectivity index (χ0v) is 8.32. The van der Waals surface area contributed by atoms with Crippen LogP contribution in [0, 0.1) is 5.41 Å². The van der Waals surface area contributed by atoms with Gasteiger partial charge in [-0.05, 0) is 23.6 Å². The van der Waals surface area contributed by atoms with E-state index in [1.54, 1.807) is 13.3 Å². The highest BCUT2D eigenvalue weighted by Gasteiger charge is 2.05. The van der Waals surface area contributed by atoms with Crippen LogP contribution < -0.4 is 10.5 Å². The fourth-order valence-corrected chi connectivity index (χ4v) is 1.49. The maximum atomic E-state index is 7.42. The normalized spacial score (nSPS) is 10.2. The maximum Gasteiger partial charge on any atom is 0.142 e. The van der Waals surface area contributed by atoms with Crippen molar-refractivity contribution in [2.45, 2.75) is 0 Å². The predicted octanol–water partition coefficient (Wildman–Crippen LogP) is 1.53. The third-order valence-electron chi connectivity index (χ3n) is 2.23. The van der Waals surface area contributed by atoms with Gasteiger partial charge in [-0.1, -0.05) is 6.07 Å². The number of ether oxygens (including phenoxy) is 1. The average molecular weight is 201 g/mol. The Morgan fingerprint density at radius 1 is 1.40 bits per heavy atom. The molecule has 1 heterocycles. The van der Waals surface area contributed by atoms with Gasteiger partial charge >= 0.3 is 0 Å². The Labute approximate surface area is 87.2 Å². The van der Waals surface area contributed by atoms with E-state index in [-0.39, 0.29) is 5.84 Å². The lowest BCUT2D eigenvalue weighted by atomic mass is 10.1. The Balaban J connectivity index is 2.76. The highest BCUT2D eigenvalue weighted by molar-refractivity contribution is 6.05. The minimum Gasteiger partial charge on any atom is -0.497 e. The maximum absolute atomic E-state index is 7.42. The van der Waals surface area contributed by atoms with Gasteiger partial charge in [0.2, 0.25) is 0 Å². The molecule has 0 fully saturated rings. The molecule has 0 saturated heterocycles. The highest BCUT2D eigenvalue weighted by atomic mass is 16.5. The SMILES string of the molecule is COc1ccc2ccnc(C(=N)N)c2c1. The predicted molar refractivity (Wildman–Crippen MR) is 59.3 cm³/mol. The molecule has 0 saturated carbocycles. The van der Waals surface area contributed by atoms with E-state index in [0.717, 1.165) is 16.5 Å². The van der Waals surface area contributed by atoms with Gasteiger partial charge in [-0.15, -0.1) is 0 Å². The summed E-state index contributed by atoms with van der Waals surface area (Å²) in [7, 11) is 1.60. The average Bonchev–Trinajstić information content (AvgIpc) is 2.27. The van der Waals surface area contributed by atoms with Crippen LogP contribution in [0.15, 0.2) is 30.5 Å². The van der Waals surface area contributed by atoms with Gasteiger partial charge < -0.3 is 10.5 Å². The molecule has 4 heteroatoms. The van der Waals surface area contributed by atoms with Crippen molar-refractivity contribution in [3.05, 3.63) is 36.2 Å². The lowest BCUT2D eigenvalue weighted by molar-refractivity contribution is 0.415. The second-order valence-electron chi connectivity index (χ2n) is 3.16. The van der Waals surface area contributed by atoms with Crippen molar-refractivity contribution >= 4 is 16.6 Å². The Morgan fingerprint density at radius 2 is 2.20 bits per heavy atom. The number of methoxy groups -OCH3 is 1. The minimum absolute atomic E-state index is 0.0335. The number of hydrogen-bond donors (Lipinski definition) is 2. The molecule has 0 bridgehead atoms. The second kappa shape index (κ2) is 3.57. The van der Waals surface area contributed by atoms with E-state index in [1.165, 1.54) is 0 Å². The van der Waals surface area contributed by atoms with Crippen LogP contribution in [0.4, 0.5) is 0 Å². The lowest BCUT2D eigenvalue weighted by Crippen LogP contribution is -2.13. The van der Waals surface area contributed by atoms with E-state index in [0.29, 0.717) is 5.69 Å². The molecule has 0 amide bonds. The Kier molecular flexibility index (Phi) is 2.25. The highest BCUT2D eigenvalue weighted by Crippen LogP contribution is 2.22. The van der Waals surface area contributed by atoms with E-state index in [9.17, 15) is 0 Å². The van der Waals surface area contributed by atoms with Crippen LogP contribution >= 0.6 is 0 Å². The number of hydrogen-bond acceptors (Lipinski definition) is 3. The van der Waals surface area contributed by atoms with Crippen LogP contribution in [-0.2, 0) is 0 Å². The van der Waals surface area contributed by atoms with Gasteiger partial charge in [-0.25, -0.2) is 0 Å². The van der Waals surface area contributed by atoms with Crippen molar-refractivity contribution in [1.29, 1.82) is 5.41 Å². The standard InChI is InChI=1S/C11H11N3O/c1-15-8-3-2-7-4-5-14-10(11(12)13)9(7)6-8/h2-6H,1H3,(H3,12,13). The van der Waals surface area contributed by atoms with Crippen molar-refractivity contribution < 1.29 is 4.74 Å². The summed E-state index contributed by atoms with van der Waals surface area (Å²) in [5.74, 6) is 0.701. The first-order valence-electron chi connectivity index (χ1n) is 4.49. The first kappa shape index (κ1) is 9.45. The summed E-state index contributed by atoms with van der Waals surface area (Å²) in [6, 6.07) is 7.49. The molecule has 0 aliphatic rings. The molecule has 1 aromatic carbocycles. The van der Waals surface area contributed by atoms with E-state index in [1.807, 2.05) is 24.3 Å². The van der Waals surface area contributed by atoms with Crippen LogP contribution in [0.3, 0.4) is 0 Å². The fraction of sp³-hybridized carbons (Fsp3) is 0.0909. The number of nitrogens with one attached hydrogen (secondary N) is 1. The van der Waals surface area contributed by atoms with E-state index >= 15 is 0 Å². The molecule has 0 aliphatic carbocycles. The number of rotatable bonds is 2. The van der Waals surface area contributed by atoms with Crippen molar-refractivity contribution in [1.82, 2.24) is 4.98 Å². The summed E-state index contributed by atoms with van der Waals surface area (Å²) in [4.78, 5) is 4.08. The summed E-state index contributed by atoms with van der Waals surface area (Å²) < 4.78 is 5.12. The summed E-state index contributed by atoms with van der Waals surface area (Å²) in [5, 5.41) is 9.25. The lowest BCUT2D eigenvalue weighted by Gasteiger charge is -2.05. The topological polar surface area (TPSA) is 72.0 Å². The van der Waals surface area contributed by atoms with Crippen LogP contribution in [-0.4, -0.2) is 17.9 Å². The Morgan fingerprint density at radius 3 is 2.87 bits per heavy atom. The molecule has 0 atom stereocenters. The van der Waals surface area contributed by atoms with Crippen LogP contribution in [0.5, 0.6) is 5.75 Å². The Bertz CT molecular complexity index is 522. The van der Waals surface area contributed by atoms with Crippen LogP contribution in [0.2, 0.25) is 0 Å². The molecule has 76 valence electrons. The monoisotopic (exact) mass is 201 g/mol. The van der Waals surface area contributed by atoms with Gasteiger partial charge in [0.05, 0.1) is 7.11 Å². The van der Waals surface area contributed by atoms with Crippen LogP contribution in [0.1, 0.15) is 5.69 Å². The number of benzene rings is 1. The first-order chi connectivity index (χ1) is 7.22. The smallest absolute Gasteiger partial charge is 0.142 e. The minimum atomic E-state index is -0.0335. The molecule has 15 heavy (non-hydrogen) atoms. The molecule has 0 radical (unpaired) electrons. The molecule has 4 nitrogen and oxygen atoms in total. The molecule has 2 aromatic rings. The molecule has 0 spiro atoms. The number of nitrogens with two attached hydrogens (primary N) is 1. The van der Waals surface area contributed by atoms with Crippen molar-refractivity contribution in [3.63, 3.8) is 0 Å². The quantitative estimate of drug-likeness (QED) is 0.571. The number of fused-ring (bicyclic) bond motifs is 1. The van der Waals surface area contributed by atoms with Gasteiger partial charge in [0.1, 0.15) is 17.3 Å². The zero-order chi connectivity index (χ0) is 10.8. The zero-order valence-electron chi connectivity index (χ0n) is 8.32. The fourth-order valence-electron chi connectivity index (χ4n) is 1.49. The van der Waals surface area contributed by atoms with Crippen molar-refractivity contribution in [2.75, 3.05) is 7.11 Å². The number of amidine groups is 1. The summed E-state index contributed by atoms with van der Waals surface area (Å²) in [6.07, 6.45) is 1.64. The van der Waals surface area contributed by atoms with Gasteiger partial charge in [0, 0.05) is 11.6 Å². The van der Waals surface area contributed by atoms with Crippen LogP contribution in [0.25, 0.3) is 10.8 Å². The third-order valence-corrected chi connectivity index (χ3v) is 2.23. The number of aromatic nitrogens is 1. The van der Waals surface area contributed by atoms with E-state index in [2.05, 4.69) is 4.98 Å². The first-order valence-corrected chi connectivity index (χ1v) is 4.49. The molecule has 1 aromatic heterocycles. The summed E-state index contributed by atoms with van der Waals surface area (Å²) in [6.45, 7) is 0. The molecule has 3 N–H and O–H groups in total. The number of nitrogen functional groups attached to an aromatic ring is 1. The summed E-state index contributed by atoms with van der Waals surface area (Å²) in [5.41, 5.74) is 5.94.